The Morgan fingerprint density at radius 1 is 0.750 bits per heavy atom. The summed E-state index contributed by atoms with van der Waals surface area (Å²) in [5, 5.41) is 0. The van der Waals surface area contributed by atoms with Crippen LogP contribution < -0.4 is 0 Å². The molecule has 7 heteroatoms. The Hall–Kier alpha value is -1.51. The molecule has 24 heavy (non-hydrogen) atoms. The van der Waals surface area contributed by atoms with Gasteiger partial charge in [-0.25, -0.2) is 0 Å². The SMILES string of the molecule is Cl.Cl.[CH2]=[Pd]([n]1c(C)nc2ccccc21)[n]1c(C)nc2ccccc21. The van der Waals surface area contributed by atoms with E-state index in [1.807, 2.05) is 26.0 Å². The summed E-state index contributed by atoms with van der Waals surface area (Å²) < 4.78 is 4.56. The average Bonchev–Trinajstić information content (AvgIpc) is 3.01. The van der Waals surface area contributed by atoms with Gasteiger partial charge in [-0.1, -0.05) is 0 Å². The fourth-order valence-electron chi connectivity index (χ4n) is 2.68. The Morgan fingerprint density at radius 2 is 1.12 bits per heavy atom. The second-order valence-corrected chi connectivity index (χ2v) is 7.75. The summed E-state index contributed by atoms with van der Waals surface area (Å²) in [7, 11) is 0. The van der Waals surface area contributed by atoms with Crippen LogP contribution in [0.25, 0.3) is 22.1 Å². The number of hydrogen-bond donors (Lipinski definition) is 0. The number of nitrogens with zero attached hydrogens (tertiary/aromatic N) is 4. The molecular formula is C17H18Cl2N4Pd. The number of imidazole rings is 2. The molecule has 0 amide bonds. The van der Waals surface area contributed by atoms with Crippen LogP contribution in [0.15, 0.2) is 48.5 Å². The second-order valence-electron chi connectivity index (χ2n) is 5.07. The number of fused-ring (bicyclic) bond motifs is 2. The molecule has 0 N–H and O–H groups in total. The van der Waals surface area contributed by atoms with Gasteiger partial charge in [0, 0.05) is 0 Å². The molecule has 4 aromatic rings. The maximum atomic E-state index is 4.67. The number of benzene rings is 2. The Morgan fingerprint density at radius 3 is 1.54 bits per heavy atom. The van der Waals surface area contributed by atoms with Crippen molar-refractivity contribution in [3.8, 4) is 0 Å². The van der Waals surface area contributed by atoms with Crippen LogP contribution in [0.4, 0.5) is 0 Å². The van der Waals surface area contributed by atoms with E-state index in [0.717, 1.165) is 33.7 Å². The van der Waals surface area contributed by atoms with Gasteiger partial charge in [0.1, 0.15) is 0 Å². The molecule has 0 unspecified atom stereocenters. The van der Waals surface area contributed by atoms with Gasteiger partial charge >= 0.3 is 134 Å². The van der Waals surface area contributed by atoms with Crippen molar-refractivity contribution in [3.63, 3.8) is 0 Å². The van der Waals surface area contributed by atoms with Crippen LogP contribution >= 0.6 is 24.8 Å². The predicted octanol–water partition coefficient (Wildman–Crippen LogP) is 4.12. The van der Waals surface area contributed by atoms with Crippen LogP contribution in [0.3, 0.4) is 0 Å². The third kappa shape index (κ3) is 2.83. The van der Waals surface area contributed by atoms with Crippen LogP contribution in [0.5, 0.6) is 0 Å². The first-order valence-electron chi connectivity index (χ1n) is 6.95. The Labute approximate surface area is 158 Å². The van der Waals surface area contributed by atoms with Gasteiger partial charge in [-0.05, 0) is 0 Å². The average molecular weight is 456 g/mol. The number of rotatable bonds is 2. The number of aryl methyl sites for hydroxylation is 2. The molecule has 0 fully saturated rings. The first kappa shape index (κ1) is 18.8. The summed E-state index contributed by atoms with van der Waals surface area (Å²) in [5.74, 6) is 2.02. The number of aromatic nitrogens is 4. The van der Waals surface area contributed by atoms with Crippen LogP contribution in [0, 0.1) is 13.8 Å². The Balaban J connectivity index is 0.00000104. The molecule has 0 saturated heterocycles. The zero-order valence-electron chi connectivity index (χ0n) is 13.2. The minimum atomic E-state index is -1.48. The fraction of sp³-hybridized carbons (Fsp3) is 0.118. The van der Waals surface area contributed by atoms with Gasteiger partial charge in [0.25, 0.3) is 0 Å². The summed E-state index contributed by atoms with van der Waals surface area (Å²) in [6.45, 7) is 4.10. The van der Waals surface area contributed by atoms with Crippen molar-refractivity contribution in [2.75, 3.05) is 0 Å². The van der Waals surface area contributed by atoms with Crippen molar-refractivity contribution >= 4 is 51.9 Å². The van der Waals surface area contributed by atoms with Crippen molar-refractivity contribution in [1.29, 1.82) is 0 Å². The Bertz CT molecular complexity index is 954. The fourth-order valence-corrected chi connectivity index (χ4v) is 5.76. The molecule has 0 bridgehead atoms. The molecule has 0 radical (unpaired) electrons. The predicted molar refractivity (Wildman–Crippen MR) is 101 cm³/mol. The van der Waals surface area contributed by atoms with E-state index in [1.54, 1.807) is 0 Å². The molecule has 4 rings (SSSR count). The topological polar surface area (TPSA) is 35.6 Å². The summed E-state index contributed by atoms with van der Waals surface area (Å²) in [6, 6.07) is 16.5. The van der Waals surface area contributed by atoms with Crippen molar-refractivity contribution in [3.05, 3.63) is 60.2 Å². The third-order valence-corrected chi connectivity index (χ3v) is 6.94. The van der Waals surface area contributed by atoms with E-state index in [-0.39, 0.29) is 24.8 Å². The quantitative estimate of drug-likeness (QED) is 0.426. The maximum absolute atomic E-state index is 4.67. The molecule has 130 valence electrons. The standard InChI is InChI=1S/2C8H7N2.CH2.2ClH.Pd/c2*1-6-9-7-4-2-3-5-8(7)10-6;;;;/h2*2-5H,1H3;1H2;2*1H;/q2*-1;;;;+2. The van der Waals surface area contributed by atoms with E-state index >= 15 is 0 Å². The monoisotopic (exact) mass is 454 g/mol. The van der Waals surface area contributed by atoms with E-state index in [1.165, 1.54) is 0 Å². The van der Waals surface area contributed by atoms with Crippen LogP contribution in [0.1, 0.15) is 11.6 Å². The van der Waals surface area contributed by atoms with Gasteiger partial charge in [-0.3, -0.25) is 0 Å². The number of para-hydroxylation sites is 4. The zero-order chi connectivity index (χ0) is 15.3. The van der Waals surface area contributed by atoms with E-state index in [4.69, 9.17) is 0 Å². The van der Waals surface area contributed by atoms with Gasteiger partial charge < -0.3 is 0 Å². The molecule has 0 saturated carbocycles. The van der Waals surface area contributed by atoms with Crippen LogP contribution in [-0.4, -0.2) is 21.4 Å². The zero-order valence-corrected chi connectivity index (χ0v) is 16.4. The van der Waals surface area contributed by atoms with Crippen LogP contribution in [-0.2, 0) is 16.8 Å². The molecule has 0 atom stereocenters. The summed E-state index contributed by atoms with van der Waals surface area (Å²) in [5.41, 5.74) is 4.34. The van der Waals surface area contributed by atoms with Gasteiger partial charge in [0.05, 0.1) is 0 Å². The van der Waals surface area contributed by atoms with Gasteiger partial charge in [-0.2, -0.15) is 0 Å². The summed E-state index contributed by atoms with van der Waals surface area (Å²) in [6.07, 6.45) is 0. The van der Waals surface area contributed by atoms with E-state index in [9.17, 15) is 0 Å². The Kier molecular flexibility index (Phi) is 5.62. The number of hydrogen-bond acceptors (Lipinski definition) is 2. The molecule has 0 aliphatic carbocycles. The first-order valence-corrected chi connectivity index (χ1v) is 9.44. The second kappa shape index (κ2) is 7.16. The van der Waals surface area contributed by atoms with Crippen LogP contribution in [0.2, 0.25) is 0 Å². The molecule has 2 aromatic carbocycles. The minimum absolute atomic E-state index is 0. The molecule has 0 spiro atoms. The van der Waals surface area contributed by atoms with E-state index in [2.05, 4.69) is 57.8 Å². The van der Waals surface area contributed by atoms with Gasteiger partial charge in [0.2, 0.25) is 0 Å². The molecule has 2 heterocycles. The van der Waals surface area contributed by atoms with Crippen molar-refractivity contribution in [1.82, 2.24) is 16.4 Å². The molecule has 4 nitrogen and oxygen atoms in total. The molecule has 2 aromatic heterocycles. The van der Waals surface area contributed by atoms with E-state index in [0.29, 0.717) is 0 Å². The summed E-state index contributed by atoms with van der Waals surface area (Å²) in [4.78, 5) is 13.9. The normalized spacial score (nSPS) is 11.2. The first-order chi connectivity index (χ1) is 10.7. The molecule has 0 aliphatic rings. The summed E-state index contributed by atoms with van der Waals surface area (Å²) >= 11 is -1.48. The molecular weight excluding hydrogens is 438 g/mol. The third-order valence-electron chi connectivity index (χ3n) is 3.58. The van der Waals surface area contributed by atoms with Crippen molar-refractivity contribution in [2.24, 2.45) is 0 Å². The number of halogens is 2. The van der Waals surface area contributed by atoms with Gasteiger partial charge in [-0.15, -0.1) is 24.8 Å². The van der Waals surface area contributed by atoms with Crippen molar-refractivity contribution < 1.29 is 16.8 Å². The van der Waals surface area contributed by atoms with E-state index < -0.39 is 16.8 Å². The molecule has 0 aliphatic heterocycles. The van der Waals surface area contributed by atoms with Crippen molar-refractivity contribution in [2.45, 2.75) is 13.8 Å². The van der Waals surface area contributed by atoms with Gasteiger partial charge in [0.15, 0.2) is 0 Å².